The minimum atomic E-state index is -0.648. The van der Waals surface area contributed by atoms with Crippen LogP contribution in [0.2, 0.25) is 0 Å². The fraction of sp³-hybridized carbons (Fsp3) is 0.786. The van der Waals surface area contributed by atoms with Crippen LogP contribution in [0.5, 0.6) is 0 Å². The number of aliphatic hydroxyl groups excluding tert-OH is 2. The number of hydrogen-bond acceptors (Lipinski definition) is 3. The molecule has 0 aromatic rings. The highest BCUT2D eigenvalue weighted by molar-refractivity contribution is 5.39. The maximum absolute atomic E-state index is 10.4. The average molecular weight is 431 g/mol. The van der Waals surface area contributed by atoms with E-state index >= 15 is 0 Å². The minimum Gasteiger partial charge on any atom is -0.392 e. The van der Waals surface area contributed by atoms with E-state index in [0.717, 1.165) is 36.3 Å². The predicted octanol–water partition coefficient (Wildman–Crippen LogP) is 5.95. The van der Waals surface area contributed by atoms with Crippen molar-refractivity contribution in [2.75, 3.05) is 0 Å². The van der Waals surface area contributed by atoms with Crippen molar-refractivity contribution in [1.82, 2.24) is 0 Å². The summed E-state index contributed by atoms with van der Waals surface area (Å²) in [5.41, 5.74) is 3.15. The molecule has 0 amide bonds. The third-order valence-electron chi connectivity index (χ3n) is 8.97. The van der Waals surface area contributed by atoms with E-state index in [1.807, 2.05) is 20.8 Å². The summed E-state index contributed by atoms with van der Waals surface area (Å²) >= 11 is 0. The molecule has 0 aromatic heterocycles. The first-order chi connectivity index (χ1) is 14.4. The number of rotatable bonds is 6. The average Bonchev–Trinajstić information content (AvgIpc) is 3.04. The van der Waals surface area contributed by atoms with Crippen molar-refractivity contribution in [2.45, 2.75) is 110 Å². The Morgan fingerprint density at radius 2 is 1.94 bits per heavy atom. The van der Waals surface area contributed by atoms with Gasteiger partial charge in [-0.05, 0) is 93.1 Å². The van der Waals surface area contributed by atoms with Gasteiger partial charge in [0.2, 0.25) is 0 Å². The lowest BCUT2D eigenvalue weighted by atomic mass is 9.60. The third kappa shape index (κ3) is 5.37. The summed E-state index contributed by atoms with van der Waals surface area (Å²) < 4.78 is 0. The standard InChI is InChI=1S/C28H46O3/c1-18(9-7-15-27(4,5)31)23-13-14-24-21(10-8-16-28(23,24)6)11-12-22-17-25(29)20(3)26(30)19(22)2/h11-12,18,20,23-26,29-31H,2,7-10,13-17H2,1,3-6H3/b21-11+,22-12+/t18-,20+,23-,24+,25-,26+,28-/m1/s1. The smallest absolute Gasteiger partial charge is 0.0837 e. The van der Waals surface area contributed by atoms with E-state index in [0.29, 0.717) is 23.7 Å². The summed E-state index contributed by atoms with van der Waals surface area (Å²) in [7, 11) is 0. The van der Waals surface area contributed by atoms with Gasteiger partial charge in [0.05, 0.1) is 17.8 Å². The first kappa shape index (κ1) is 24.7. The Kier molecular flexibility index (Phi) is 7.61. The molecule has 3 saturated carbocycles. The summed E-state index contributed by atoms with van der Waals surface area (Å²) in [5, 5.41) is 30.7. The van der Waals surface area contributed by atoms with Crippen molar-refractivity contribution in [3.8, 4) is 0 Å². The fourth-order valence-corrected chi connectivity index (χ4v) is 6.91. The molecule has 3 N–H and O–H groups in total. The Hall–Kier alpha value is -0.900. The maximum Gasteiger partial charge on any atom is 0.0837 e. The maximum atomic E-state index is 10.4. The van der Waals surface area contributed by atoms with Crippen LogP contribution in [0.1, 0.15) is 92.4 Å². The normalized spacial score (nSPS) is 40.4. The molecule has 0 radical (unpaired) electrons. The molecule has 3 heteroatoms. The van der Waals surface area contributed by atoms with E-state index in [1.165, 1.54) is 32.1 Å². The molecule has 0 unspecified atom stereocenters. The zero-order valence-electron chi connectivity index (χ0n) is 20.5. The zero-order valence-corrected chi connectivity index (χ0v) is 20.5. The van der Waals surface area contributed by atoms with Gasteiger partial charge in [0.15, 0.2) is 0 Å². The second kappa shape index (κ2) is 9.53. The van der Waals surface area contributed by atoms with Gasteiger partial charge in [0.25, 0.3) is 0 Å². The summed E-state index contributed by atoms with van der Waals surface area (Å²) in [5.74, 6) is 1.94. The quantitative estimate of drug-likeness (QED) is 0.488. The molecular formula is C28H46O3. The first-order valence-electron chi connectivity index (χ1n) is 12.6. The Balaban J connectivity index is 1.71. The summed E-state index contributed by atoms with van der Waals surface area (Å²) in [4.78, 5) is 0. The van der Waals surface area contributed by atoms with Crippen molar-refractivity contribution in [1.29, 1.82) is 0 Å². The molecule has 3 nitrogen and oxygen atoms in total. The minimum absolute atomic E-state index is 0.149. The molecule has 176 valence electrons. The van der Waals surface area contributed by atoms with Gasteiger partial charge in [0, 0.05) is 5.92 Å². The molecule has 0 spiro atoms. The monoisotopic (exact) mass is 430 g/mol. The molecule has 0 saturated heterocycles. The van der Waals surface area contributed by atoms with Gasteiger partial charge in [-0.2, -0.15) is 0 Å². The lowest BCUT2D eigenvalue weighted by Gasteiger charge is -2.44. The van der Waals surface area contributed by atoms with Gasteiger partial charge >= 0.3 is 0 Å². The highest BCUT2D eigenvalue weighted by Crippen LogP contribution is 2.60. The molecule has 31 heavy (non-hydrogen) atoms. The van der Waals surface area contributed by atoms with E-state index in [-0.39, 0.29) is 5.92 Å². The van der Waals surface area contributed by atoms with E-state index in [4.69, 9.17) is 0 Å². The van der Waals surface area contributed by atoms with E-state index in [9.17, 15) is 15.3 Å². The van der Waals surface area contributed by atoms with Crippen LogP contribution in [0, 0.1) is 29.1 Å². The topological polar surface area (TPSA) is 60.7 Å². The van der Waals surface area contributed by atoms with Crippen LogP contribution in [0.4, 0.5) is 0 Å². The van der Waals surface area contributed by atoms with Crippen molar-refractivity contribution < 1.29 is 15.3 Å². The highest BCUT2D eigenvalue weighted by atomic mass is 16.3. The van der Waals surface area contributed by atoms with Crippen LogP contribution in [0.3, 0.4) is 0 Å². The fourth-order valence-electron chi connectivity index (χ4n) is 6.91. The Labute approximate surface area is 190 Å². The molecule has 0 bridgehead atoms. The lowest BCUT2D eigenvalue weighted by molar-refractivity contribution is 0.0283. The van der Waals surface area contributed by atoms with Gasteiger partial charge in [0.1, 0.15) is 0 Å². The van der Waals surface area contributed by atoms with Gasteiger partial charge < -0.3 is 15.3 Å². The Morgan fingerprint density at radius 3 is 2.61 bits per heavy atom. The molecule has 3 fully saturated rings. The molecule has 0 aliphatic heterocycles. The molecule has 3 aliphatic rings. The predicted molar refractivity (Wildman–Crippen MR) is 129 cm³/mol. The second-order valence-corrected chi connectivity index (χ2v) is 11.8. The molecule has 7 atom stereocenters. The van der Waals surface area contributed by atoms with Crippen molar-refractivity contribution in [3.05, 3.63) is 35.5 Å². The third-order valence-corrected chi connectivity index (χ3v) is 8.97. The summed E-state index contributed by atoms with van der Waals surface area (Å²) in [6.07, 6.45) is 13.4. The lowest BCUT2D eigenvalue weighted by Crippen LogP contribution is -2.36. The van der Waals surface area contributed by atoms with Gasteiger partial charge in [-0.3, -0.25) is 0 Å². The Morgan fingerprint density at radius 1 is 1.23 bits per heavy atom. The van der Waals surface area contributed by atoms with E-state index in [1.54, 1.807) is 5.57 Å². The number of allylic oxidation sites excluding steroid dienone is 3. The largest absolute Gasteiger partial charge is 0.392 e. The SMILES string of the molecule is C=C1/C(=C/C=C2\CCC[C@]3(C)[C@@H]([C@H](C)CCCC(C)(C)O)CC[C@@H]23)C[C@@H](O)[C@H](C)[C@H]1O. The van der Waals surface area contributed by atoms with Gasteiger partial charge in [-0.15, -0.1) is 0 Å². The summed E-state index contributed by atoms with van der Waals surface area (Å²) in [6, 6.07) is 0. The first-order valence-corrected chi connectivity index (χ1v) is 12.6. The molecule has 0 aromatic carbocycles. The van der Waals surface area contributed by atoms with E-state index in [2.05, 4.69) is 32.6 Å². The van der Waals surface area contributed by atoms with Crippen molar-refractivity contribution >= 4 is 0 Å². The number of aliphatic hydroxyl groups is 3. The zero-order chi connectivity index (χ0) is 23.0. The summed E-state index contributed by atoms with van der Waals surface area (Å²) in [6.45, 7) is 14.8. The van der Waals surface area contributed by atoms with Gasteiger partial charge in [-0.1, -0.05) is 57.9 Å². The van der Waals surface area contributed by atoms with Crippen LogP contribution in [-0.4, -0.2) is 33.1 Å². The van der Waals surface area contributed by atoms with Crippen LogP contribution in [0.15, 0.2) is 35.5 Å². The number of fused-ring (bicyclic) bond motifs is 1. The molecule has 3 aliphatic carbocycles. The van der Waals surface area contributed by atoms with Crippen molar-refractivity contribution in [3.63, 3.8) is 0 Å². The van der Waals surface area contributed by atoms with Crippen LogP contribution in [0.25, 0.3) is 0 Å². The van der Waals surface area contributed by atoms with E-state index < -0.39 is 17.8 Å². The van der Waals surface area contributed by atoms with Gasteiger partial charge in [-0.25, -0.2) is 0 Å². The molecular weight excluding hydrogens is 384 g/mol. The van der Waals surface area contributed by atoms with Crippen molar-refractivity contribution in [2.24, 2.45) is 29.1 Å². The Bertz CT molecular complexity index is 712. The second-order valence-electron chi connectivity index (χ2n) is 11.8. The molecule has 3 rings (SSSR count). The number of hydrogen-bond donors (Lipinski definition) is 3. The van der Waals surface area contributed by atoms with Crippen LogP contribution < -0.4 is 0 Å². The molecule has 0 heterocycles. The highest BCUT2D eigenvalue weighted by Gasteiger charge is 2.50. The van der Waals surface area contributed by atoms with Crippen LogP contribution in [-0.2, 0) is 0 Å². The van der Waals surface area contributed by atoms with Crippen LogP contribution >= 0.6 is 0 Å².